The predicted octanol–water partition coefficient (Wildman–Crippen LogP) is 4.90. The first-order valence-corrected chi connectivity index (χ1v) is 8.14. The van der Waals surface area contributed by atoms with Crippen molar-refractivity contribution < 1.29 is 14.3 Å². The first-order valence-electron chi connectivity index (χ1n) is 7.38. The van der Waals surface area contributed by atoms with E-state index in [0.717, 1.165) is 5.56 Å². The van der Waals surface area contributed by atoms with Crippen LogP contribution in [0.25, 0.3) is 6.08 Å². The quantitative estimate of drug-likeness (QED) is 0.425. The highest BCUT2D eigenvalue weighted by atomic mass is 35.5. The molecule has 0 aliphatic carbocycles. The fourth-order valence-corrected chi connectivity index (χ4v) is 2.68. The second-order valence-corrected chi connectivity index (χ2v) is 5.98. The number of hydrogen-bond donors (Lipinski definition) is 0. The number of cyclic esters (lactones) is 1. The van der Waals surface area contributed by atoms with Gasteiger partial charge < -0.3 is 9.47 Å². The van der Waals surface area contributed by atoms with E-state index in [4.69, 9.17) is 32.7 Å². The van der Waals surface area contributed by atoms with Gasteiger partial charge >= 0.3 is 5.97 Å². The van der Waals surface area contributed by atoms with Crippen LogP contribution >= 0.6 is 23.2 Å². The van der Waals surface area contributed by atoms with Gasteiger partial charge in [-0.15, -0.1) is 0 Å². The predicted molar refractivity (Wildman–Crippen MR) is 99.2 cm³/mol. The van der Waals surface area contributed by atoms with Crippen LogP contribution in [0.5, 0.6) is 5.75 Å². The summed E-state index contributed by atoms with van der Waals surface area (Å²) in [4.78, 5) is 16.3. The first-order chi connectivity index (χ1) is 12.1. The second kappa shape index (κ2) is 7.55. The fraction of sp³-hybridized carbons (Fsp3) is 0.0526. The van der Waals surface area contributed by atoms with Gasteiger partial charge in [-0.05, 0) is 42.0 Å². The molecule has 3 rings (SSSR count). The molecule has 0 bridgehead atoms. The van der Waals surface area contributed by atoms with Crippen molar-refractivity contribution in [3.05, 3.63) is 82.0 Å². The highest BCUT2D eigenvalue weighted by Gasteiger charge is 2.25. The molecule has 1 heterocycles. The Morgan fingerprint density at radius 1 is 1.20 bits per heavy atom. The molecule has 0 amide bonds. The number of carbonyl (C=O) groups is 1. The Balaban J connectivity index is 1.89. The number of esters is 1. The van der Waals surface area contributed by atoms with Crippen molar-refractivity contribution in [3.63, 3.8) is 0 Å². The molecule has 0 aromatic heterocycles. The largest absolute Gasteiger partial charge is 0.490 e. The molecule has 1 aliphatic rings. The maximum absolute atomic E-state index is 12.1. The van der Waals surface area contributed by atoms with Gasteiger partial charge in [-0.2, -0.15) is 0 Å². The van der Waals surface area contributed by atoms with Crippen LogP contribution in [0.4, 0.5) is 0 Å². The average molecular weight is 374 g/mol. The second-order valence-electron chi connectivity index (χ2n) is 5.13. The van der Waals surface area contributed by atoms with Crippen LogP contribution in [0.2, 0.25) is 10.0 Å². The molecule has 4 nitrogen and oxygen atoms in total. The van der Waals surface area contributed by atoms with Crippen molar-refractivity contribution in [2.24, 2.45) is 4.99 Å². The molecule has 0 N–H and O–H groups in total. The minimum Gasteiger partial charge on any atom is -0.490 e. The number of carbonyl (C=O) groups excluding carboxylic acids is 1. The maximum Gasteiger partial charge on any atom is 0.363 e. The van der Waals surface area contributed by atoms with Crippen LogP contribution in [0.15, 0.2) is 65.8 Å². The molecule has 0 fully saturated rings. The lowest BCUT2D eigenvalue weighted by molar-refractivity contribution is -0.129. The summed E-state index contributed by atoms with van der Waals surface area (Å²) in [5.41, 5.74) is 1.45. The Labute approximate surface area is 155 Å². The zero-order valence-electron chi connectivity index (χ0n) is 13.0. The highest BCUT2D eigenvalue weighted by Crippen LogP contribution is 2.26. The number of hydrogen-bond acceptors (Lipinski definition) is 4. The van der Waals surface area contributed by atoms with E-state index in [1.165, 1.54) is 0 Å². The lowest BCUT2D eigenvalue weighted by Crippen LogP contribution is -2.05. The Bertz CT molecular complexity index is 903. The van der Waals surface area contributed by atoms with Gasteiger partial charge in [0.2, 0.25) is 5.90 Å². The van der Waals surface area contributed by atoms with E-state index in [2.05, 4.69) is 11.6 Å². The van der Waals surface area contributed by atoms with E-state index < -0.39 is 5.97 Å². The van der Waals surface area contributed by atoms with Gasteiger partial charge in [0, 0.05) is 5.02 Å². The molecule has 126 valence electrons. The summed E-state index contributed by atoms with van der Waals surface area (Å²) in [5.74, 6) is 0.279. The van der Waals surface area contributed by atoms with Gasteiger partial charge in [-0.25, -0.2) is 9.79 Å². The smallest absolute Gasteiger partial charge is 0.363 e. The van der Waals surface area contributed by atoms with Crippen molar-refractivity contribution in [2.75, 3.05) is 6.61 Å². The first kappa shape index (κ1) is 17.3. The molecule has 25 heavy (non-hydrogen) atoms. The molecule has 0 saturated carbocycles. The Kier molecular flexibility index (Phi) is 5.22. The van der Waals surface area contributed by atoms with Gasteiger partial charge in [0.25, 0.3) is 0 Å². The van der Waals surface area contributed by atoms with Gasteiger partial charge in [0.1, 0.15) is 12.4 Å². The summed E-state index contributed by atoms with van der Waals surface area (Å²) in [6, 6.07) is 12.2. The van der Waals surface area contributed by atoms with E-state index in [1.54, 1.807) is 36.4 Å². The zero-order chi connectivity index (χ0) is 17.8. The van der Waals surface area contributed by atoms with Crippen molar-refractivity contribution >= 4 is 41.1 Å². The van der Waals surface area contributed by atoms with Crippen molar-refractivity contribution in [2.45, 2.75) is 0 Å². The van der Waals surface area contributed by atoms with Gasteiger partial charge in [0.05, 0.1) is 10.6 Å². The van der Waals surface area contributed by atoms with Crippen LogP contribution in [0.1, 0.15) is 11.1 Å². The molecule has 0 unspecified atom stereocenters. The van der Waals surface area contributed by atoms with Crippen molar-refractivity contribution in [3.8, 4) is 5.75 Å². The third-order valence-corrected chi connectivity index (χ3v) is 3.86. The van der Waals surface area contributed by atoms with Crippen molar-refractivity contribution in [1.29, 1.82) is 0 Å². The Morgan fingerprint density at radius 2 is 2.04 bits per heavy atom. The molecule has 1 aliphatic heterocycles. The SMILES string of the molecule is C=CCOc1cccc(/C=C2\N=C(c3ccc(Cl)cc3Cl)OC2=O)c1. The molecular weight excluding hydrogens is 361 g/mol. The van der Waals surface area contributed by atoms with Gasteiger partial charge in [-0.1, -0.05) is 48.0 Å². The number of ether oxygens (including phenoxy) is 2. The summed E-state index contributed by atoms with van der Waals surface area (Å²) in [5, 5.41) is 0.853. The monoisotopic (exact) mass is 373 g/mol. The molecule has 0 atom stereocenters. The number of halogens is 2. The molecule has 6 heteroatoms. The summed E-state index contributed by atoms with van der Waals surface area (Å²) >= 11 is 12.0. The summed E-state index contributed by atoms with van der Waals surface area (Å²) in [6.45, 7) is 4.01. The summed E-state index contributed by atoms with van der Waals surface area (Å²) < 4.78 is 10.7. The summed E-state index contributed by atoms with van der Waals surface area (Å²) in [6.07, 6.45) is 3.28. The number of aliphatic imine (C=N–C) groups is 1. The minimum atomic E-state index is -0.543. The average Bonchev–Trinajstić information content (AvgIpc) is 2.93. The van der Waals surface area contributed by atoms with Crippen molar-refractivity contribution in [1.82, 2.24) is 0 Å². The summed E-state index contributed by atoms with van der Waals surface area (Å²) in [7, 11) is 0. The molecule has 2 aromatic rings. The third kappa shape index (κ3) is 4.10. The number of benzene rings is 2. The topological polar surface area (TPSA) is 47.9 Å². The van der Waals surface area contributed by atoms with E-state index in [9.17, 15) is 4.79 Å². The molecule has 2 aromatic carbocycles. The lowest BCUT2D eigenvalue weighted by Gasteiger charge is -2.03. The fourth-order valence-electron chi connectivity index (χ4n) is 2.19. The van der Waals surface area contributed by atoms with Gasteiger partial charge in [0.15, 0.2) is 5.70 Å². The molecule has 0 radical (unpaired) electrons. The normalized spacial score (nSPS) is 15.0. The molecule has 0 spiro atoms. The standard InChI is InChI=1S/C19H13Cl2NO3/c1-2-8-24-14-5-3-4-12(9-14)10-17-19(23)25-18(22-17)15-7-6-13(20)11-16(15)21/h2-7,9-11H,1,8H2/b17-10-. The van der Waals surface area contributed by atoms with E-state index >= 15 is 0 Å². The molecule has 0 saturated heterocycles. The van der Waals surface area contributed by atoms with Crippen LogP contribution in [-0.4, -0.2) is 18.5 Å². The Morgan fingerprint density at radius 3 is 2.80 bits per heavy atom. The van der Waals surface area contributed by atoms with Gasteiger partial charge in [-0.3, -0.25) is 0 Å². The Hall–Kier alpha value is -2.56. The lowest BCUT2D eigenvalue weighted by atomic mass is 10.2. The maximum atomic E-state index is 12.1. The van der Waals surface area contributed by atoms with Crippen LogP contribution < -0.4 is 4.74 Å². The highest BCUT2D eigenvalue weighted by molar-refractivity contribution is 6.37. The zero-order valence-corrected chi connectivity index (χ0v) is 14.6. The third-order valence-electron chi connectivity index (χ3n) is 3.31. The van der Waals surface area contributed by atoms with E-state index in [0.29, 0.717) is 28.0 Å². The number of rotatable bonds is 5. The molecular formula is C19H13Cl2NO3. The van der Waals surface area contributed by atoms with E-state index in [-0.39, 0.29) is 11.6 Å². The van der Waals surface area contributed by atoms with Crippen LogP contribution in [-0.2, 0) is 9.53 Å². The van der Waals surface area contributed by atoms with E-state index in [1.807, 2.05) is 18.2 Å². The number of nitrogens with zero attached hydrogens (tertiary/aromatic N) is 1. The minimum absolute atomic E-state index is 0.150. The van der Waals surface area contributed by atoms with Crippen LogP contribution in [0.3, 0.4) is 0 Å². The van der Waals surface area contributed by atoms with Crippen LogP contribution in [0, 0.1) is 0 Å².